The van der Waals surface area contributed by atoms with E-state index in [1.54, 1.807) is 29.2 Å². The van der Waals surface area contributed by atoms with Crippen molar-refractivity contribution in [2.24, 2.45) is 18.7 Å². The number of ketones is 2. The Morgan fingerprint density at radius 2 is 1.78 bits per heavy atom. The van der Waals surface area contributed by atoms with Gasteiger partial charge < -0.3 is 20.3 Å². The van der Waals surface area contributed by atoms with Crippen LogP contribution >= 0.6 is 0 Å². The Morgan fingerprint density at radius 1 is 0.982 bits per heavy atom. The van der Waals surface area contributed by atoms with E-state index >= 15 is 0 Å². The van der Waals surface area contributed by atoms with Crippen LogP contribution in [0.1, 0.15) is 74.6 Å². The summed E-state index contributed by atoms with van der Waals surface area (Å²) in [7, 11) is 1.82. The number of Topliss-reactive ketones (excluding diaryl/α,β-unsaturated/α-hetero) is 2. The molecule has 2 atom stereocenters. The van der Waals surface area contributed by atoms with Gasteiger partial charge in [0.1, 0.15) is 17.3 Å². The summed E-state index contributed by atoms with van der Waals surface area (Å²) in [5.41, 5.74) is 8.05. The molecule has 286 valence electrons. The summed E-state index contributed by atoms with van der Waals surface area (Å²) in [6, 6.07) is 4.31. The minimum atomic E-state index is -0.883. The summed E-state index contributed by atoms with van der Waals surface area (Å²) in [6.07, 6.45) is 7.07. The van der Waals surface area contributed by atoms with Crippen molar-refractivity contribution in [1.29, 1.82) is 0 Å². The zero-order valence-electron chi connectivity index (χ0n) is 30.6. The van der Waals surface area contributed by atoms with Crippen molar-refractivity contribution in [3.05, 3.63) is 64.9 Å². The number of ether oxygens (including phenoxy) is 1. The van der Waals surface area contributed by atoms with Crippen LogP contribution in [0.5, 0.6) is 0 Å². The first-order valence-electron chi connectivity index (χ1n) is 18.8. The van der Waals surface area contributed by atoms with Gasteiger partial charge in [-0.1, -0.05) is 0 Å². The summed E-state index contributed by atoms with van der Waals surface area (Å²) in [4.78, 5) is 94.7. The number of fused-ring (bicyclic) bond motifs is 1. The Morgan fingerprint density at radius 3 is 2.53 bits per heavy atom. The van der Waals surface area contributed by atoms with Gasteiger partial charge in [0.2, 0.25) is 0 Å². The highest BCUT2D eigenvalue weighted by molar-refractivity contribution is 6.24. The van der Waals surface area contributed by atoms with E-state index in [4.69, 9.17) is 15.5 Å². The first kappa shape index (κ1) is 35.0. The number of nitrogens with zero attached hydrogens (tertiary/aromatic N) is 9. The van der Waals surface area contributed by atoms with Crippen LogP contribution in [0.4, 0.5) is 16.3 Å². The molecule has 7 heterocycles. The number of anilines is 2. The standard InChI is InChI=1S/C38H42N10O7/c1-43-14-22(12-41-43)9-29-33(34(39)51)40-13-32(42-29)45-8-2-3-25(18-45)47-21-38(55-37(47)54)19-44(20-38)15-23-16-46(17-23)24-4-6-27-28(10-24)36(53)48(35(27)52)30-7-5-26(49)11-31(30)50/h4,6,10,12-14,23,25,30H,2-3,5,7-9,11,15-21H2,1H3,(H2,39,51). The number of hydrogen-bond donors (Lipinski definition) is 1. The molecule has 17 nitrogen and oxygen atoms in total. The number of benzene rings is 1. The molecule has 17 heteroatoms. The van der Waals surface area contributed by atoms with Crippen LogP contribution in [0.3, 0.4) is 0 Å². The van der Waals surface area contributed by atoms with E-state index in [0.717, 1.165) is 55.2 Å². The molecule has 1 aliphatic carbocycles. The lowest BCUT2D eigenvalue weighted by Gasteiger charge is -2.50. The highest BCUT2D eigenvalue weighted by Crippen LogP contribution is 2.38. The molecule has 4 amide bonds. The molecule has 6 aliphatic rings. The second kappa shape index (κ2) is 13.2. The minimum Gasteiger partial charge on any atom is -0.438 e. The fourth-order valence-electron chi connectivity index (χ4n) is 9.18. The van der Waals surface area contributed by atoms with Gasteiger partial charge in [-0.05, 0) is 43.0 Å². The molecule has 9 rings (SSSR count). The summed E-state index contributed by atoms with van der Waals surface area (Å²) in [5.74, 6) is -1.10. The van der Waals surface area contributed by atoms with Crippen molar-refractivity contribution in [3.63, 3.8) is 0 Å². The van der Waals surface area contributed by atoms with Gasteiger partial charge in [-0.15, -0.1) is 0 Å². The summed E-state index contributed by atoms with van der Waals surface area (Å²) >= 11 is 0. The monoisotopic (exact) mass is 750 g/mol. The van der Waals surface area contributed by atoms with Gasteiger partial charge in [0.25, 0.3) is 17.7 Å². The van der Waals surface area contributed by atoms with Gasteiger partial charge in [0.05, 0.1) is 54.3 Å². The van der Waals surface area contributed by atoms with Crippen molar-refractivity contribution in [3.8, 4) is 0 Å². The number of carbonyl (C=O) groups excluding carboxylic acids is 6. The van der Waals surface area contributed by atoms with E-state index < -0.39 is 29.4 Å². The normalized spacial score (nSPS) is 24.1. The molecule has 3 aromatic rings. The lowest BCUT2D eigenvalue weighted by atomic mass is 9.89. The molecule has 4 saturated heterocycles. The molecule has 0 bridgehead atoms. The topological polar surface area (TPSA) is 197 Å². The number of piperidine rings is 1. The second-order valence-corrected chi connectivity index (χ2v) is 15.9. The van der Waals surface area contributed by atoms with Gasteiger partial charge >= 0.3 is 6.09 Å². The molecule has 1 aromatic carbocycles. The molecule has 55 heavy (non-hydrogen) atoms. The minimum absolute atomic E-state index is 0.0526. The van der Waals surface area contributed by atoms with Gasteiger partial charge in [0, 0.05) is 83.5 Å². The van der Waals surface area contributed by atoms with Crippen LogP contribution in [0.15, 0.2) is 36.8 Å². The molecule has 5 aliphatic heterocycles. The molecule has 2 N–H and O–H groups in total. The molecule has 2 aromatic heterocycles. The first-order valence-corrected chi connectivity index (χ1v) is 18.8. The smallest absolute Gasteiger partial charge is 0.410 e. The van der Waals surface area contributed by atoms with Gasteiger partial charge in [0.15, 0.2) is 11.4 Å². The number of likely N-dealkylation sites (tertiary alicyclic amines) is 1. The summed E-state index contributed by atoms with van der Waals surface area (Å²) in [5, 5.41) is 4.21. The third-order valence-corrected chi connectivity index (χ3v) is 11.9. The van der Waals surface area contributed by atoms with E-state index in [-0.39, 0.29) is 48.7 Å². The Labute approximate surface area is 316 Å². The molecule has 1 spiro atoms. The maximum Gasteiger partial charge on any atom is 0.410 e. The van der Waals surface area contributed by atoms with Crippen LogP contribution in [0.2, 0.25) is 0 Å². The average Bonchev–Trinajstić information content (AvgIpc) is 3.78. The second-order valence-electron chi connectivity index (χ2n) is 15.9. The van der Waals surface area contributed by atoms with Crippen molar-refractivity contribution in [2.45, 2.75) is 56.2 Å². The average molecular weight is 751 g/mol. The van der Waals surface area contributed by atoms with Crippen LogP contribution in [-0.2, 0) is 27.8 Å². The summed E-state index contributed by atoms with van der Waals surface area (Å²) < 4.78 is 7.72. The van der Waals surface area contributed by atoms with Crippen molar-refractivity contribution in [2.75, 3.05) is 62.2 Å². The third-order valence-electron chi connectivity index (χ3n) is 11.9. The number of aromatic nitrogens is 4. The SMILES string of the molecule is Cn1cc(Cc2nc(N3CCCC(N4CC5(CN(CC6CN(c7ccc8c(c7)C(=O)N(C7CCC(=O)CC7=O)C8=O)C6)C5)OC4=O)C3)cnc2C(N)=O)cn1. The van der Waals surface area contributed by atoms with E-state index in [1.807, 2.05) is 24.2 Å². The van der Waals surface area contributed by atoms with Crippen LogP contribution in [0.25, 0.3) is 0 Å². The Hall–Kier alpha value is -5.71. The number of amides is 4. The zero-order chi connectivity index (χ0) is 38.2. The number of nitrogens with two attached hydrogens (primary N) is 1. The Balaban J connectivity index is 0.776. The van der Waals surface area contributed by atoms with Gasteiger partial charge in [-0.2, -0.15) is 5.10 Å². The predicted octanol–water partition coefficient (Wildman–Crippen LogP) is 0.798. The fourth-order valence-corrected chi connectivity index (χ4v) is 9.18. The zero-order valence-corrected chi connectivity index (χ0v) is 30.6. The van der Waals surface area contributed by atoms with Crippen molar-refractivity contribution >= 4 is 46.9 Å². The Kier molecular flexibility index (Phi) is 8.43. The quantitative estimate of drug-likeness (QED) is 0.238. The van der Waals surface area contributed by atoms with Crippen LogP contribution < -0.4 is 15.5 Å². The number of imide groups is 1. The lowest BCUT2D eigenvalue weighted by Crippen LogP contribution is -2.66. The maximum atomic E-state index is 13.3. The Bertz CT molecular complexity index is 2140. The van der Waals surface area contributed by atoms with Crippen molar-refractivity contribution < 1.29 is 33.5 Å². The first-order chi connectivity index (χ1) is 26.4. The largest absolute Gasteiger partial charge is 0.438 e. The molecule has 2 unspecified atom stereocenters. The lowest BCUT2D eigenvalue weighted by molar-refractivity contribution is -0.132. The van der Waals surface area contributed by atoms with E-state index in [0.29, 0.717) is 61.2 Å². The summed E-state index contributed by atoms with van der Waals surface area (Å²) in [6.45, 7) is 5.60. The number of carbonyl (C=O) groups is 6. The fraction of sp³-hybridized carbons (Fsp3) is 0.500. The molecular formula is C38H42N10O7. The number of rotatable bonds is 9. The molecule has 1 saturated carbocycles. The van der Waals surface area contributed by atoms with E-state index in [9.17, 15) is 28.8 Å². The van der Waals surface area contributed by atoms with Gasteiger partial charge in [-0.25, -0.2) is 14.8 Å². The molecule has 5 fully saturated rings. The van der Waals surface area contributed by atoms with Crippen LogP contribution in [0, 0.1) is 5.92 Å². The maximum absolute atomic E-state index is 13.3. The number of hydrogen-bond acceptors (Lipinski definition) is 13. The van der Waals surface area contributed by atoms with E-state index in [2.05, 4.69) is 24.8 Å². The number of aryl methyl sites for hydroxylation is 1. The van der Waals surface area contributed by atoms with Crippen molar-refractivity contribution in [1.82, 2.24) is 34.4 Å². The molecular weight excluding hydrogens is 708 g/mol. The van der Waals surface area contributed by atoms with Gasteiger partial charge in [-0.3, -0.25) is 43.4 Å². The molecule has 0 radical (unpaired) electrons. The highest BCUT2D eigenvalue weighted by Gasteiger charge is 2.55. The third kappa shape index (κ3) is 6.29. The van der Waals surface area contributed by atoms with Crippen LogP contribution in [-0.4, -0.2) is 140 Å². The highest BCUT2D eigenvalue weighted by atomic mass is 16.6. The van der Waals surface area contributed by atoms with E-state index in [1.165, 1.54) is 0 Å². The predicted molar refractivity (Wildman–Crippen MR) is 194 cm³/mol. The number of primary amides is 1.